The second-order valence-electron chi connectivity index (χ2n) is 5.43. The smallest absolute Gasteiger partial charge is 0.257 e. The van der Waals surface area contributed by atoms with Gasteiger partial charge in [-0.25, -0.2) is 8.42 Å². The summed E-state index contributed by atoms with van der Waals surface area (Å²) in [5.41, 5.74) is 1.28. The average molecular weight is 310 g/mol. The van der Waals surface area contributed by atoms with Crippen molar-refractivity contribution in [3.05, 3.63) is 23.8 Å². The molecule has 1 fully saturated rings. The molecular formula is C14H18N2O4S. The van der Waals surface area contributed by atoms with E-state index in [1.165, 1.54) is 4.90 Å². The molecule has 0 aliphatic carbocycles. The Kier molecular flexibility index (Phi) is 3.52. The van der Waals surface area contributed by atoms with Crippen LogP contribution in [-0.4, -0.2) is 57.0 Å². The summed E-state index contributed by atoms with van der Waals surface area (Å²) in [6.07, 6.45) is 0.499. The van der Waals surface area contributed by atoms with E-state index in [0.717, 1.165) is 5.69 Å². The van der Waals surface area contributed by atoms with E-state index in [0.29, 0.717) is 30.9 Å². The van der Waals surface area contributed by atoms with Crippen LogP contribution in [0.2, 0.25) is 0 Å². The van der Waals surface area contributed by atoms with Crippen molar-refractivity contribution in [3.8, 4) is 5.75 Å². The minimum atomic E-state index is -3.01. The Labute approximate surface area is 124 Å². The normalized spacial score (nSPS) is 22.8. The second kappa shape index (κ2) is 5.22. The first-order valence-corrected chi connectivity index (χ1v) is 8.77. The maximum Gasteiger partial charge on any atom is 0.257 e. The van der Waals surface area contributed by atoms with Crippen molar-refractivity contribution in [1.29, 1.82) is 0 Å². The van der Waals surface area contributed by atoms with Gasteiger partial charge in [-0.15, -0.1) is 0 Å². The van der Waals surface area contributed by atoms with Crippen LogP contribution in [0.1, 0.15) is 16.8 Å². The van der Waals surface area contributed by atoms with Crippen LogP contribution in [0.5, 0.6) is 5.75 Å². The maximum absolute atomic E-state index is 12.6. The summed E-state index contributed by atoms with van der Waals surface area (Å²) < 4.78 is 28.7. The number of hydrogen-bond acceptors (Lipinski definition) is 5. The molecule has 21 heavy (non-hydrogen) atoms. The van der Waals surface area contributed by atoms with Crippen LogP contribution < -0.4 is 10.1 Å². The molecule has 0 bridgehead atoms. The fraction of sp³-hybridized carbons (Fsp3) is 0.500. The topological polar surface area (TPSA) is 75.7 Å². The van der Waals surface area contributed by atoms with Crippen molar-refractivity contribution in [2.24, 2.45) is 0 Å². The lowest BCUT2D eigenvalue weighted by atomic mass is 10.1. The molecule has 1 aromatic rings. The zero-order chi connectivity index (χ0) is 15.0. The number of nitrogens with zero attached hydrogens (tertiary/aromatic N) is 1. The van der Waals surface area contributed by atoms with E-state index in [9.17, 15) is 13.2 Å². The minimum absolute atomic E-state index is 0.0450. The van der Waals surface area contributed by atoms with Gasteiger partial charge in [-0.3, -0.25) is 4.79 Å². The van der Waals surface area contributed by atoms with Crippen molar-refractivity contribution in [1.82, 2.24) is 4.90 Å². The molecule has 0 radical (unpaired) electrons. The number of carbonyl (C=O) groups excluding carboxylic acids is 1. The molecule has 0 saturated carbocycles. The monoisotopic (exact) mass is 310 g/mol. The van der Waals surface area contributed by atoms with Crippen molar-refractivity contribution in [2.45, 2.75) is 12.5 Å². The molecule has 1 atom stereocenters. The number of amides is 1. The third-order valence-electron chi connectivity index (χ3n) is 3.99. The number of rotatable bonds is 2. The molecule has 6 nitrogen and oxygen atoms in total. The molecule has 1 N–H and O–H groups in total. The Morgan fingerprint density at radius 1 is 1.43 bits per heavy atom. The van der Waals surface area contributed by atoms with E-state index < -0.39 is 9.84 Å². The number of fused-ring (bicyclic) bond motifs is 1. The van der Waals surface area contributed by atoms with Crippen molar-refractivity contribution in [2.75, 3.05) is 37.0 Å². The molecule has 7 heteroatoms. The standard InChI is InChI=1S/C14H18N2O4S/c1-16(10-5-8-21(18,19)9-10)14(17)11-3-2-4-12-13(11)20-7-6-15-12/h2-4,10,15H,5-9H2,1H3. The van der Waals surface area contributed by atoms with E-state index >= 15 is 0 Å². The van der Waals surface area contributed by atoms with Crippen molar-refractivity contribution in [3.63, 3.8) is 0 Å². The third-order valence-corrected chi connectivity index (χ3v) is 5.74. The van der Waals surface area contributed by atoms with Gasteiger partial charge in [0.05, 0.1) is 22.8 Å². The summed E-state index contributed by atoms with van der Waals surface area (Å²) in [5.74, 6) is 0.558. The van der Waals surface area contributed by atoms with E-state index in [2.05, 4.69) is 5.32 Å². The van der Waals surface area contributed by atoms with Gasteiger partial charge in [-0.1, -0.05) is 6.07 Å². The van der Waals surface area contributed by atoms with Crippen LogP contribution in [0.15, 0.2) is 18.2 Å². The molecule has 1 aromatic carbocycles. The van der Waals surface area contributed by atoms with Gasteiger partial charge in [0.15, 0.2) is 15.6 Å². The van der Waals surface area contributed by atoms with Crippen LogP contribution >= 0.6 is 0 Å². The molecular weight excluding hydrogens is 292 g/mol. The fourth-order valence-corrected chi connectivity index (χ4v) is 4.55. The van der Waals surface area contributed by atoms with Gasteiger partial charge < -0.3 is 15.0 Å². The zero-order valence-corrected chi connectivity index (χ0v) is 12.6. The number of carbonyl (C=O) groups is 1. The number of sulfone groups is 1. The number of ether oxygens (including phenoxy) is 1. The first kappa shape index (κ1) is 14.2. The predicted octanol–water partition coefficient (Wildman–Crippen LogP) is 0.750. The highest BCUT2D eigenvalue weighted by molar-refractivity contribution is 7.91. The lowest BCUT2D eigenvalue weighted by Gasteiger charge is -2.26. The molecule has 1 amide bonds. The largest absolute Gasteiger partial charge is 0.489 e. The van der Waals surface area contributed by atoms with Gasteiger partial charge in [0.1, 0.15) is 6.61 Å². The first-order valence-electron chi connectivity index (χ1n) is 6.95. The molecule has 114 valence electrons. The number of nitrogens with one attached hydrogen (secondary N) is 1. The highest BCUT2D eigenvalue weighted by atomic mass is 32.2. The van der Waals surface area contributed by atoms with Gasteiger partial charge in [-0.05, 0) is 18.6 Å². The average Bonchev–Trinajstić information content (AvgIpc) is 2.85. The fourth-order valence-electron chi connectivity index (χ4n) is 2.78. The number of para-hydroxylation sites is 1. The molecule has 2 heterocycles. The molecule has 2 aliphatic rings. The van der Waals surface area contributed by atoms with Gasteiger partial charge in [0.25, 0.3) is 5.91 Å². The SMILES string of the molecule is CN(C(=O)c1cccc2c1OCCN2)C1CCS(=O)(=O)C1. The van der Waals surface area contributed by atoms with E-state index in [4.69, 9.17) is 4.74 Å². The highest BCUT2D eigenvalue weighted by Crippen LogP contribution is 2.32. The second-order valence-corrected chi connectivity index (χ2v) is 7.66. The lowest BCUT2D eigenvalue weighted by molar-refractivity contribution is 0.0743. The summed E-state index contributed by atoms with van der Waals surface area (Å²) in [7, 11) is -1.35. The van der Waals surface area contributed by atoms with Crippen molar-refractivity contribution >= 4 is 21.4 Å². The molecule has 2 aliphatic heterocycles. The zero-order valence-electron chi connectivity index (χ0n) is 11.8. The van der Waals surface area contributed by atoms with Crippen LogP contribution in [-0.2, 0) is 9.84 Å². The van der Waals surface area contributed by atoms with E-state index in [1.54, 1.807) is 19.2 Å². The summed E-state index contributed by atoms with van der Waals surface area (Å²) in [5, 5.41) is 3.19. The van der Waals surface area contributed by atoms with Gasteiger partial charge in [0.2, 0.25) is 0 Å². The predicted molar refractivity (Wildman–Crippen MR) is 79.6 cm³/mol. The van der Waals surface area contributed by atoms with Crippen molar-refractivity contribution < 1.29 is 17.9 Å². The van der Waals surface area contributed by atoms with Crippen LogP contribution in [0.3, 0.4) is 0 Å². The first-order chi connectivity index (χ1) is 9.98. The summed E-state index contributed by atoms with van der Waals surface area (Å²) >= 11 is 0. The van der Waals surface area contributed by atoms with E-state index in [1.807, 2.05) is 6.07 Å². The lowest BCUT2D eigenvalue weighted by Crippen LogP contribution is -2.38. The minimum Gasteiger partial charge on any atom is -0.489 e. The third kappa shape index (κ3) is 2.70. The Morgan fingerprint density at radius 2 is 2.24 bits per heavy atom. The number of anilines is 1. The summed E-state index contributed by atoms with van der Waals surface area (Å²) in [6.45, 7) is 1.22. The summed E-state index contributed by atoms with van der Waals surface area (Å²) in [6, 6.07) is 5.13. The highest BCUT2D eigenvalue weighted by Gasteiger charge is 2.34. The van der Waals surface area contributed by atoms with Crippen LogP contribution in [0.4, 0.5) is 5.69 Å². The summed E-state index contributed by atoms with van der Waals surface area (Å²) in [4.78, 5) is 14.2. The molecule has 1 saturated heterocycles. The quantitative estimate of drug-likeness (QED) is 0.872. The molecule has 1 unspecified atom stereocenters. The Morgan fingerprint density at radius 3 is 2.95 bits per heavy atom. The Hall–Kier alpha value is -1.76. The number of benzene rings is 1. The van der Waals surface area contributed by atoms with Gasteiger partial charge in [0, 0.05) is 19.6 Å². The molecule has 3 rings (SSSR count). The van der Waals surface area contributed by atoms with Crippen LogP contribution in [0, 0.1) is 0 Å². The molecule has 0 aromatic heterocycles. The molecule has 0 spiro atoms. The van der Waals surface area contributed by atoms with Gasteiger partial charge >= 0.3 is 0 Å². The maximum atomic E-state index is 12.6. The Balaban J connectivity index is 1.85. The van der Waals surface area contributed by atoms with Gasteiger partial charge in [-0.2, -0.15) is 0 Å². The van der Waals surface area contributed by atoms with Crippen LogP contribution in [0.25, 0.3) is 0 Å². The Bertz CT molecular complexity index is 672. The number of hydrogen-bond donors (Lipinski definition) is 1. The van der Waals surface area contributed by atoms with E-state index in [-0.39, 0.29) is 23.5 Å².